The van der Waals surface area contributed by atoms with Gasteiger partial charge in [-0.15, -0.1) is 11.3 Å². The molecule has 0 amide bonds. The molecule has 3 rings (SSSR count). The molecule has 2 heteroatoms. The van der Waals surface area contributed by atoms with Gasteiger partial charge in [0.25, 0.3) is 0 Å². The van der Waals surface area contributed by atoms with Crippen LogP contribution in [0.15, 0.2) is 46.9 Å². The maximum Gasteiger partial charge on any atom is 0.0366 e. The first kappa shape index (κ1) is 8.45. The molecule has 0 spiro atoms. The highest BCUT2D eigenvalue weighted by molar-refractivity contribution is 9.10. The minimum Gasteiger partial charge on any atom is -0.135 e. The van der Waals surface area contributed by atoms with Gasteiger partial charge < -0.3 is 0 Å². The largest absolute Gasteiger partial charge is 0.135 e. The molecule has 0 aliphatic heterocycles. The molecular formula is C12H7BrS. The minimum atomic E-state index is 1.19. The molecule has 1 aromatic heterocycles. The molecule has 0 saturated carbocycles. The second-order valence-corrected chi connectivity index (χ2v) is 5.15. The first-order chi connectivity index (χ1) is 6.86. The summed E-state index contributed by atoms with van der Waals surface area (Å²) in [5.41, 5.74) is 0. The fourth-order valence-electron chi connectivity index (χ4n) is 1.73. The highest BCUT2D eigenvalue weighted by Crippen LogP contribution is 2.37. The number of rotatable bonds is 0. The van der Waals surface area contributed by atoms with Gasteiger partial charge in [0.1, 0.15) is 0 Å². The van der Waals surface area contributed by atoms with Gasteiger partial charge in [0.05, 0.1) is 0 Å². The second kappa shape index (κ2) is 3.07. The Morgan fingerprint density at radius 1 is 0.857 bits per heavy atom. The monoisotopic (exact) mass is 262 g/mol. The number of benzene rings is 2. The van der Waals surface area contributed by atoms with Gasteiger partial charge >= 0.3 is 0 Å². The van der Waals surface area contributed by atoms with E-state index >= 15 is 0 Å². The molecule has 2 aromatic carbocycles. The average molecular weight is 263 g/mol. The highest BCUT2D eigenvalue weighted by Gasteiger charge is 2.05. The Labute approximate surface area is 94.3 Å². The number of hydrogen-bond donors (Lipinski definition) is 0. The quantitative estimate of drug-likeness (QED) is 0.545. The van der Waals surface area contributed by atoms with Crippen LogP contribution in [0.25, 0.3) is 20.2 Å². The van der Waals surface area contributed by atoms with Crippen LogP contribution < -0.4 is 0 Å². The molecule has 0 fully saturated rings. The lowest BCUT2D eigenvalue weighted by Gasteiger charge is -1.93. The fourth-order valence-corrected chi connectivity index (χ4v) is 3.57. The van der Waals surface area contributed by atoms with Crippen LogP contribution in [0.4, 0.5) is 0 Å². The fraction of sp³-hybridized carbons (Fsp3) is 0. The van der Waals surface area contributed by atoms with E-state index in [4.69, 9.17) is 0 Å². The summed E-state index contributed by atoms with van der Waals surface area (Å²) in [5, 5.41) is 2.69. The van der Waals surface area contributed by atoms with E-state index in [1.165, 1.54) is 24.6 Å². The molecule has 0 aliphatic carbocycles. The highest BCUT2D eigenvalue weighted by atomic mass is 79.9. The third kappa shape index (κ3) is 1.11. The van der Waals surface area contributed by atoms with Crippen LogP contribution in [0.2, 0.25) is 0 Å². The predicted molar refractivity (Wildman–Crippen MR) is 67.0 cm³/mol. The summed E-state index contributed by atoms with van der Waals surface area (Å²) in [7, 11) is 0. The van der Waals surface area contributed by atoms with E-state index in [9.17, 15) is 0 Å². The Morgan fingerprint density at radius 3 is 2.57 bits per heavy atom. The van der Waals surface area contributed by atoms with Crippen molar-refractivity contribution in [2.75, 3.05) is 0 Å². The van der Waals surface area contributed by atoms with Crippen molar-refractivity contribution in [2.24, 2.45) is 0 Å². The van der Waals surface area contributed by atoms with Gasteiger partial charge in [0, 0.05) is 24.6 Å². The van der Waals surface area contributed by atoms with Crippen molar-refractivity contribution in [3.05, 3.63) is 46.9 Å². The SMILES string of the molecule is Brc1cccc2sc3ccccc3c12. The number of halogens is 1. The molecule has 0 N–H and O–H groups in total. The van der Waals surface area contributed by atoms with Crippen molar-refractivity contribution in [3.8, 4) is 0 Å². The van der Waals surface area contributed by atoms with Crippen LogP contribution >= 0.6 is 27.3 Å². The first-order valence-electron chi connectivity index (χ1n) is 4.42. The van der Waals surface area contributed by atoms with E-state index < -0.39 is 0 Å². The van der Waals surface area contributed by atoms with E-state index in [-0.39, 0.29) is 0 Å². The summed E-state index contributed by atoms with van der Waals surface area (Å²) in [6.45, 7) is 0. The molecule has 0 atom stereocenters. The van der Waals surface area contributed by atoms with Crippen molar-refractivity contribution in [2.45, 2.75) is 0 Å². The molecular weight excluding hydrogens is 256 g/mol. The molecule has 0 nitrogen and oxygen atoms in total. The van der Waals surface area contributed by atoms with Crippen molar-refractivity contribution in [1.29, 1.82) is 0 Å². The van der Waals surface area contributed by atoms with Crippen LogP contribution in [0.5, 0.6) is 0 Å². The summed E-state index contributed by atoms with van der Waals surface area (Å²) < 4.78 is 3.89. The van der Waals surface area contributed by atoms with E-state index in [2.05, 4.69) is 58.4 Å². The zero-order valence-corrected chi connectivity index (χ0v) is 9.73. The van der Waals surface area contributed by atoms with Gasteiger partial charge in [-0.05, 0) is 18.2 Å². The van der Waals surface area contributed by atoms with Crippen LogP contribution in [0.1, 0.15) is 0 Å². The Bertz CT molecular complexity index is 610. The van der Waals surface area contributed by atoms with Gasteiger partial charge in [-0.1, -0.05) is 40.2 Å². The Balaban J connectivity index is 2.65. The van der Waals surface area contributed by atoms with E-state index in [0.717, 1.165) is 0 Å². The molecule has 1 heterocycles. The van der Waals surface area contributed by atoms with Crippen LogP contribution in [-0.2, 0) is 0 Å². The van der Waals surface area contributed by atoms with Gasteiger partial charge in [0.2, 0.25) is 0 Å². The number of thiophene rings is 1. The molecule has 68 valence electrons. The minimum absolute atomic E-state index is 1.19. The zero-order chi connectivity index (χ0) is 9.54. The molecule has 0 saturated heterocycles. The summed E-state index contributed by atoms with van der Waals surface area (Å²) in [6, 6.07) is 14.9. The predicted octanol–water partition coefficient (Wildman–Crippen LogP) is 4.82. The standard InChI is InChI=1S/C12H7BrS/c13-9-5-3-7-11-12(9)8-4-1-2-6-10(8)14-11/h1-7H. The van der Waals surface area contributed by atoms with E-state index in [1.54, 1.807) is 0 Å². The van der Waals surface area contributed by atoms with Gasteiger partial charge in [0.15, 0.2) is 0 Å². The summed E-state index contributed by atoms with van der Waals surface area (Å²) in [4.78, 5) is 0. The molecule has 0 unspecified atom stereocenters. The topological polar surface area (TPSA) is 0 Å². The average Bonchev–Trinajstić information content (AvgIpc) is 2.57. The van der Waals surface area contributed by atoms with Gasteiger partial charge in [-0.2, -0.15) is 0 Å². The maximum atomic E-state index is 3.60. The number of hydrogen-bond acceptors (Lipinski definition) is 1. The van der Waals surface area contributed by atoms with Gasteiger partial charge in [-0.3, -0.25) is 0 Å². The van der Waals surface area contributed by atoms with Crippen LogP contribution in [0, 0.1) is 0 Å². The smallest absolute Gasteiger partial charge is 0.0366 e. The van der Waals surface area contributed by atoms with Crippen molar-refractivity contribution in [3.63, 3.8) is 0 Å². The number of fused-ring (bicyclic) bond motifs is 3. The second-order valence-electron chi connectivity index (χ2n) is 3.21. The lowest BCUT2D eigenvalue weighted by molar-refractivity contribution is 1.79. The molecule has 14 heavy (non-hydrogen) atoms. The summed E-state index contributed by atoms with van der Waals surface area (Å²) >= 11 is 5.45. The molecule has 0 bridgehead atoms. The Kier molecular flexibility index (Phi) is 1.85. The Hall–Kier alpha value is -0.860. The molecule has 3 aromatic rings. The normalized spacial score (nSPS) is 11.2. The Morgan fingerprint density at radius 2 is 1.64 bits per heavy atom. The maximum absolute atomic E-state index is 3.60. The van der Waals surface area contributed by atoms with Crippen LogP contribution in [0.3, 0.4) is 0 Å². The summed E-state index contributed by atoms with van der Waals surface area (Å²) in [6.07, 6.45) is 0. The van der Waals surface area contributed by atoms with Crippen molar-refractivity contribution < 1.29 is 0 Å². The lowest BCUT2D eigenvalue weighted by Crippen LogP contribution is -1.67. The van der Waals surface area contributed by atoms with Crippen LogP contribution in [-0.4, -0.2) is 0 Å². The van der Waals surface area contributed by atoms with Crippen molar-refractivity contribution >= 4 is 47.4 Å². The summed E-state index contributed by atoms with van der Waals surface area (Å²) in [5.74, 6) is 0. The molecule has 0 aliphatic rings. The van der Waals surface area contributed by atoms with Gasteiger partial charge in [-0.25, -0.2) is 0 Å². The lowest BCUT2D eigenvalue weighted by atomic mass is 10.2. The first-order valence-corrected chi connectivity index (χ1v) is 6.03. The third-order valence-electron chi connectivity index (χ3n) is 2.35. The molecule has 0 radical (unpaired) electrons. The van der Waals surface area contributed by atoms with E-state index in [0.29, 0.717) is 0 Å². The van der Waals surface area contributed by atoms with Crippen molar-refractivity contribution in [1.82, 2.24) is 0 Å². The zero-order valence-electron chi connectivity index (χ0n) is 7.33. The third-order valence-corrected chi connectivity index (χ3v) is 4.15. The van der Waals surface area contributed by atoms with E-state index in [1.807, 2.05) is 11.3 Å².